The van der Waals surface area contributed by atoms with Gasteiger partial charge < -0.3 is 4.90 Å². The number of aromatic nitrogens is 1. The van der Waals surface area contributed by atoms with Gasteiger partial charge in [-0.1, -0.05) is 42.5 Å². The highest BCUT2D eigenvalue weighted by Crippen LogP contribution is 2.34. The first-order chi connectivity index (χ1) is 11.7. The molecule has 0 bridgehead atoms. The molecule has 0 saturated carbocycles. The Hall–Kier alpha value is -2.46. The van der Waals surface area contributed by atoms with Gasteiger partial charge in [0.15, 0.2) is 0 Å². The van der Waals surface area contributed by atoms with E-state index in [0.717, 1.165) is 34.8 Å². The van der Waals surface area contributed by atoms with E-state index in [2.05, 4.69) is 17.1 Å². The van der Waals surface area contributed by atoms with Gasteiger partial charge in [-0.3, -0.25) is 4.79 Å². The first-order valence-corrected chi connectivity index (χ1v) is 9.01. The number of hydrogen-bond donors (Lipinski definition) is 0. The lowest BCUT2D eigenvalue weighted by Crippen LogP contribution is -2.30. The third-order valence-corrected chi connectivity index (χ3v) is 4.93. The fourth-order valence-electron chi connectivity index (χ4n) is 2.71. The van der Waals surface area contributed by atoms with Gasteiger partial charge in [0.05, 0.1) is 16.1 Å². The molecule has 0 aliphatic rings. The highest BCUT2D eigenvalue weighted by molar-refractivity contribution is 7.13. The largest absolute Gasteiger partial charge is 0.339 e. The summed E-state index contributed by atoms with van der Waals surface area (Å²) in [6.45, 7) is 5.44. The molecule has 3 rings (SSSR count). The predicted octanol–water partition coefficient (Wildman–Crippen LogP) is 4.96. The minimum Gasteiger partial charge on any atom is -0.339 e. The topological polar surface area (TPSA) is 33.2 Å². The first-order valence-electron chi connectivity index (χ1n) is 8.13. The van der Waals surface area contributed by atoms with E-state index in [1.54, 1.807) is 11.3 Å². The summed E-state index contributed by atoms with van der Waals surface area (Å²) in [4.78, 5) is 19.9. The van der Waals surface area contributed by atoms with Crippen molar-refractivity contribution in [3.05, 3.63) is 65.7 Å². The van der Waals surface area contributed by atoms with Gasteiger partial charge in [0.1, 0.15) is 0 Å². The predicted molar refractivity (Wildman–Crippen MR) is 100 cm³/mol. The molecule has 0 spiro atoms. The van der Waals surface area contributed by atoms with Crippen LogP contribution in [0, 0.1) is 0 Å². The standard InChI is InChI=1S/C20H20N2OS/c1-3-22(4-2)20(23)17-12-10-15(11-13-17)18-19(24-14-21-18)16-8-6-5-7-9-16/h5-14H,3-4H2,1-2H3. The molecule has 0 fully saturated rings. The van der Waals surface area contributed by atoms with Crippen LogP contribution in [-0.2, 0) is 0 Å². The van der Waals surface area contributed by atoms with Gasteiger partial charge >= 0.3 is 0 Å². The Morgan fingerprint density at radius 2 is 1.62 bits per heavy atom. The second-order valence-corrected chi connectivity index (χ2v) is 6.31. The Kier molecular flexibility index (Phi) is 5.06. The molecule has 0 unspecified atom stereocenters. The molecule has 122 valence electrons. The average Bonchev–Trinajstić information content (AvgIpc) is 3.13. The quantitative estimate of drug-likeness (QED) is 0.660. The molecule has 0 radical (unpaired) electrons. The van der Waals surface area contributed by atoms with Crippen LogP contribution in [0.5, 0.6) is 0 Å². The van der Waals surface area contributed by atoms with Crippen LogP contribution in [0.15, 0.2) is 60.1 Å². The molecule has 24 heavy (non-hydrogen) atoms. The lowest BCUT2D eigenvalue weighted by atomic mass is 10.0. The molecular weight excluding hydrogens is 316 g/mol. The maximum Gasteiger partial charge on any atom is 0.253 e. The summed E-state index contributed by atoms with van der Waals surface area (Å²) < 4.78 is 0. The normalized spacial score (nSPS) is 10.6. The molecule has 2 aromatic carbocycles. The zero-order valence-corrected chi connectivity index (χ0v) is 14.7. The van der Waals surface area contributed by atoms with Crippen LogP contribution >= 0.6 is 11.3 Å². The zero-order chi connectivity index (χ0) is 16.9. The van der Waals surface area contributed by atoms with Crippen LogP contribution in [0.2, 0.25) is 0 Å². The average molecular weight is 336 g/mol. The first kappa shape index (κ1) is 16.4. The van der Waals surface area contributed by atoms with Crippen LogP contribution in [0.25, 0.3) is 21.7 Å². The van der Waals surface area contributed by atoms with E-state index in [1.807, 2.05) is 66.7 Å². The van der Waals surface area contributed by atoms with Crippen molar-refractivity contribution in [1.82, 2.24) is 9.88 Å². The molecule has 3 nitrogen and oxygen atoms in total. The van der Waals surface area contributed by atoms with Crippen LogP contribution in [-0.4, -0.2) is 28.9 Å². The molecule has 0 saturated heterocycles. The van der Waals surface area contributed by atoms with Crippen LogP contribution in [0.4, 0.5) is 0 Å². The van der Waals surface area contributed by atoms with Gasteiger partial charge in [0.2, 0.25) is 0 Å². The minimum absolute atomic E-state index is 0.0770. The second kappa shape index (κ2) is 7.41. The summed E-state index contributed by atoms with van der Waals surface area (Å²) in [5.74, 6) is 0.0770. The summed E-state index contributed by atoms with van der Waals surface area (Å²) in [7, 11) is 0. The third kappa shape index (κ3) is 3.24. The lowest BCUT2D eigenvalue weighted by Gasteiger charge is -2.18. The third-order valence-electron chi connectivity index (χ3n) is 4.06. The fraction of sp³-hybridized carbons (Fsp3) is 0.200. The van der Waals surface area contributed by atoms with Gasteiger partial charge in [0, 0.05) is 24.2 Å². The number of carbonyl (C=O) groups is 1. The number of hydrogen-bond acceptors (Lipinski definition) is 3. The molecule has 0 aliphatic carbocycles. The van der Waals surface area contributed by atoms with Gasteiger partial charge in [-0.2, -0.15) is 0 Å². The maximum atomic E-state index is 12.4. The molecule has 0 N–H and O–H groups in total. The van der Waals surface area contributed by atoms with Gasteiger partial charge in [0.25, 0.3) is 5.91 Å². The summed E-state index contributed by atoms with van der Waals surface area (Å²) in [5, 5.41) is 0. The highest BCUT2D eigenvalue weighted by atomic mass is 32.1. The second-order valence-electron chi connectivity index (χ2n) is 5.45. The summed E-state index contributed by atoms with van der Waals surface area (Å²) in [6, 6.07) is 18.0. The Bertz CT molecular complexity index is 805. The fourth-order valence-corrected chi connectivity index (χ4v) is 3.53. The summed E-state index contributed by atoms with van der Waals surface area (Å²) in [5.41, 5.74) is 5.75. The lowest BCUT2D eigenvalue weighted by molar-refractivity contribution is 0.0773. The van der Waals surface area contributed by atoms with Crippen molar-refractivity contribution in [1.29, 1.82) is 0 Å². The Morgan fingerprint density at radius 3 is 2.25 bits per heavy atom. The molecule has 4 heteroatoms. The molecule has 1 heterocycles. The van der Waals surface area contributed by atoms with E-state index in [0.29, 0.717) is 0 Å². The number of nitrogens with zero attached hydrogens (tertiary/aromatic N) is 2. The summed E-state index contributed by atoms with van der Waals surface area (Å²) >= 11 is 1.63. The molecule has 1 amide bonds. The van der Waals surface area contributed by atoms with E-state index in [9.17, 15) is 4.79 Å². The van der Waals surface area contributed by atoms with Crippen molar-refractivity contribution in [3.8, 4) is 21.7 Å². The maximum absolute atomic E-state index is 12.4. The van der Waals surface area contributed by atoms with Crippen molar-refractivity contribution < 1.29 is 4.79 Å². The van der Waals surface area contributed by atoms with Crippen molar-refractivity contribution in [3.63, 3.8) is 0 Å². The molecule has 0 atom stereocenters. The smallest absolute Gasteiger partial charge is 0.253 e. The molecule has 1 aromatic heterocycles. The minimum atomic E-state index is 0.0770. The SMILES string of the molecule is CCN(CC)C(=O)c1ccc(-c2ncsc2-c2ccccc2)cc1. The molecular formula is C20H20N2OS. The zero-order valence-electron chi connectivity index (χ0n) is 13.9. The van der Waals surface area contributed by atoms with E-state index >= 15 is 0 Å². The molecule has 3 aromatic rings. The summed E-state index contributed by atoms with van der Waals surface area (Å²) in [6.07, 6.45) is 0. The number of thiazole rings is 1. The Balaban J connectivity index is 1.90. The van der Waals surface area contributed by atoms with E-state index in [4.69, 9.17) is 0 Å². The van der Waals surface area contributed by atoms with Crippen LogP contribution in [0.3, 0.4) is 0 Å². The van der Waals surface area contributed by atoms with E-state index < -0.39 is 0 Å². The van der Waals surface area contributed by atoms with Gasteiger partial charge in [-0.15, -0.1) is 11.3 Å². The van der Waals surface area contributed by atoms with Crippen LogP contribution < -0.4 is 0 Å². The van der Waals surface area contributed by atoms with Gasteiger partial charge in [-0.25, -0.2) is 4.98 Å². The Morgan fingerprint density at radius 1 is 0.958 bits per heavy atom. The Labute approximate surface area is 146 Å². The van der Waals surface area contributed by atoms with E-state index in [-0.39, 0.29) is 5.91 Å². The van der Waals surface area contributed by atoms with Crippen LogP contribution in [0.1, 0.15) is 24.2 Å². The van der Waals surface area contributed by atoms with Crippen molar-refractivity contribution in [2.24, 2.45) is 0 Å². The number of benzene rings is 2. The van der Waals surface area contributed by atoms with E-state index in [1.165, 1.54) is 5.56 Å². The monoisotopic (exact) mass is 336 g/mol. The van der Waals surface area contributed by atoms with Crippen molar-refractivity contribution in [2.45, 2.75) is 13.8 Å². The number of carbonyl (C=O) groups excluding carboxylic acids is 1. The van der Waals surface area contributed by atoms with Crippen molar-refractivity contribution >= 4 is 17.2 Å². The van der Waals surface area contributed by atoms with Crippen molar-refractivity contribution in [2.75, 3.05) is 13.1 Å². The number of amides is 1. The number of rotatable bonds is 5. The molecule has 0 aliphatic heterocycles. The van der Waals surface area contributed by atoms with Gasteiger partial charge in [-0.05, 0) is 31.5 Å². The highest BCUT2D eigenvalue weighted by Gasteiger charge is 2.14.